The third kappa shape index (κ3) is 8.97. The van der Waals surface area contributed by atoms with Crippen molar-refractivity contribution in [3.63, 3.8) is 0 Å². The molecule has 3 rings (SSSR count). The van der Waals surface area contributed by atoms with Crippen molar-refractivity contribution in [3.8, 4) is 28.4 Å². The smallest absolute Gasteiger partial charge is 0.343 e. The first-order valence-corrected chi connectivity index (χ1v) is 12.6. The number of carbonyl (C=O) groups excluding carboxylic acids is 1. The van der Waals surface area contributed by atoms with E-state index in [1.807, 2.05) is 54.6 Å². The Morgan fingerprint density at radius 1 is 0.686 bits per heavy atom. The monoisotopic (exact) mass is 472 g/mol. The second-order valence-corrected chi connectivity index (χ2v) is 8.50. The van der Waals surface area contributed by atoms with Gasteiger partial charge in [-0.2, -0.15) is 0 Å². The molecule has 3 aromatic carbocycles. The first kappa shape index (κ1) is 26.1. The highest BCUT2D eigenvalue weighted by Gasteiger charge is 2.09. The molecule has 0 N–H and O–H groups in total. The zero-order valence-corrected chi connectivity index (χ0v) is 20.7. The summed E-state index contributed by atoms with van der Waals surface area (Å²) in [6, 6.07) is 22.7. The zero-order valence-electron chi connectivity index (χ0n) is 20.7. The van der Waals surface area contributed by atoms with E-state index in [0.717, 1.165) is 61.3 Å². The standard InChI is InChI=1S/C31H36O4/c1-3-5-7-8-10-24-34-29-19-15-27(16-20-29)31(32)35-30-21-13-26(14-22-30)25-11-17-28(18-12-25)33-23-9-6-4-2/h3,11-22H,1,4-10,23-24H2,2H3. The summed E-state index contributed by atoms with van der Waals surface area (Å²) >= 11 is 0. The Kier molecular flexibility index (Phi) is 10.9. The number of unbranched alkanes of at least 4 members (excludes halogenated alkanes) is 5. The molecular weight excluding hydrogens is 436 g/mol. The average Bonchev–Trinajstić information content (AvgIpc) is 2.90. The van der Waals surface area contributed by atoms with Crippen LogP contribution >= 0.6 is 0 Å². The lowest BCUT2D eigenvalue weighted by atomic mass is 10.1. The summed E-state index contributed by atoms with van der Waals surface area (Å²) < 4.78 is 17.1. The van der Waals surface area contributed by atoms with Gasteiger partial charge in [-0.1, -0.05) is 50.1 Å². The fourth-order valence-electron chi connectivity index (χ4n) is 3.61. The Hall–Kier alpha value is -3.53. The van der Waals surface area contributed by atoms with Gasteiger partial charge in [-0.15, -0.1) is 6.58 Å². The van der Waals surface area contributed by atoms with Gasteiger partial charge in [-0.3, -0.25) is 0 Å². The number of benzene rings is 3. The highest BCUT2D eigenvalue weighted by atomic mass is 16.5. The minimum atomic E-state index is -0.390. The first-order chi connectivity index (χ1) is 17.2. The van der Waals surface area contributed by atoms with Gasteiger partial charge >= 0.3 is 5.97 Å². The van der Waals surface area contributed by atoms with Crippen LogP contribution in [0.4, 0.5) is 0 Å². The maximum absolute atomic E-state index is 12.5. The minimum absolute atomic E-state index is 0.390. The van der Waals surface area contributed by atoms with Crippen molar-refractivity contribution in [2.45, 2.75) is 51.9 Å². The van der Waals surface area contributed by atoms with Gasteiger partial charge < -0.3 is 14.2 Å². The fraction of sp³-hybridized carbons (Fsp3) is 0.323. The number of ether oxygens (including phenoxy) is 3. The molecule has 0 unspecified atom stereocenters. The van der Waals surface area contributed by atoms with Crippen LogP contribution in [-0.4, -0.2) is 19.2 Å². The molecule has 0 aliphatic heterocycles. The summed E-state index contributed by atoms with van der Waals surface area (Å²) in [6.07, 6.45) is 9.70. The summed E-state index contributed by atoms with van der Waals surface area (Å²) in [5, 5.41) is 0. The maximum atomic E-state index is 12.5. The van der Waals surface area contributed by atoms with E-state index in [1.165, 1.54) is 12.8 Å². The molecule has 0 atom stereocenters. The fourth-order valence-corrected chi connectivity index (χ4v) is 3.61. The highest BCUT2D eigenvalue weighted by Crippen LogP contribution is 2.25. The number of esters is 1. The van der Waals surface area contributed by atoms with Crippen LogP contribution in [0.15, 0.2) is 85.5 Å². The van der Waals surface area contributed by atoms with Gasteiger partial charge in [-0.25, -0.2) is 4.79 Å². The normalized spacial score (nSPS) is 10.5. The molecule has 4 heteroatoms. The summed E-state index contributed by atoms with van der Waals surface area (Å²) in [5.74, 6) is 1.76. The minimum Gasteiger partial charge on any atom is -0.494 e. The van der Waals surface area contributed by atoms with Gasteiger partial charge in [0.1, 0.15) is 17.2 Å². The number of hydrogen-bond donors (Lipinski definition) is 0. The molecule has 0 heterocycles. The van der Waals surface area contributed by atoms with Crippen LogP contribution in [-0.2, 0) is 0 Å². The van der Waals surface area contributed by atoms with E-state index in [2.05, 4.69) is 13.5 Å². The van der Waals surface area contributed by atoms with Crippen molar-refractivity contribution in [3.05, 3.63) is 91.0 Å². The molecule has 3 aromatic rings. The molecule has 0 aliphatic carbocycles. The molecule has 0 saturated carbocycles. The summed E-state index contributed by atoms with van der Waals surface area (Å²) in [7, 11) is 0. The molecule has 0 spiro atoms. The largest absolute Gasteiger partial charge is 0.494 e. The number of allylic oxidation sites excluding steroid dienone is 1. The highest BCUT2D eigenvalue weighted by molar-refractivity contribution is 5.91. The lowest BCUT2D eigenvalue weighted by Crippen LogP contribution is -2.08. The second kappa shape index (κ2) is 14.7. The van der Waals surface area contributed by atoms with Gasteiger partial charge in [0.15, 0.2) is 0 Å². The van der Waals surface area contributed by atoms with Gasteiger partial charge in [0.05, 0.1) is 18.8 Å². The molecule has 0 aromatic heterocycles. The van der Waals surface area contributed by atoms with E-state index in [4.69, 9.17) is 14.2 Å². The zero-order chi connectivity index (χ0) is 24.7. The molecule has 35 heavy (non-hydrogen) atoms. The summed E-state index contributed by atoms with van der Waals surface area (Å²) in [5.41, 5.74) is 2.62. The van der Waals surface area contributed by atoms with Crippen molar-refractivity contribution in [1.82, 2.24) is 0 Å². The van der Waals surface area contributed by atoms with Gasteiger partial charge in [0.2, 0.25) is 0 Å². The van der Waals surface area contributed by atoms with Crippen LogP contribution in [0, 0.1) is 0 Å². The predicted molar refractivity (Wildman–Crippen MR) is 142 cm³/mol. The van der Waals surface area contributed by atoms with E-state index in [1.54, 1.807) is 24.3 Å². The van der Waals surface area contributed by atoms with Crippen LogP contribution < -0.4 is 14.2 Å². The third-order valence-electron chi connectivity index (χ3n) is 5.68. The molecule has 0 radical (unpaired) electrons. The van der Waals surface area contributed by atoms with Gasteiger partial charge in [0.25, 0.3) is 0 Å². The van der Waals surface area contributed by atoms with E-state index < -0.39 is 5.97 Å². The van der Waals surface area contributed by atoms with E-state index >= 15 is 0 Å². The van der Waals surface area contributed by atoms with Gasteiger partial charge in [-0.05, 0) is 91.8 Å². The summed E-state index contributed by atoms with van der Waals surface area (Å²) in [6.45, 7) is 7.33. The molecule has 4 nitrogen and oxygen atoms in total. The lowest BCUT2D eigenvalue weighted by Gasteiger charge is -2.09. The van der Waals surface area contributed by atoms with Crippen molar-refractivity contribution >= 4 is 5.97 Å². The Morgan fingerprint density at radius 3 is 1.74 bits per heavy atom. The molecule has 0 bridgehead atoms. The molecule has 184 valence electrons. The van der Waals surface area contributed by atoms with E-state index in [0.29, 0.717) is 17.9 Å². The van der Waals surface area contributed by atoms with Crippen LogP contribution in [0.25, 0.3) is 11.1 Å². The Balaban J connectivity index is 1.46. The van der Waals surface area contributed by atoms with Crippen molar-refractivity contribution in [2.75, 3.05) is 13.2 Å². The molecule has 0 aliphatic rings. The van der Waals surface area contributed by atoms with Crippen LogP contribution in [0.2, 0.25) is 0 Å². The SMILES string of the molecule is C=CCCCCCOc1ccc(C(=O)Oc2ccc(-c3ccc(OCCCCC)cc3)cc2)cc1. The van der Waals surface area contributed by atoms with Crippen molar-refractivity contribution in [2.24, 2.45) is 0 Å². The van der Waals surface area contributed by atoms with Gasteiger partial charge in [0, 0.05) is 0 Å². The number of carbonyl (C=O) groups is 1. The van der Waals surface area contributed by atoms with E-state index in [-0.39, 0.29) is 0 Å². The van der Waals surface area contributed by atoms with Crippen molar-refractivity contribution in [1.29, 1.82) is 0 Å². The van der Waals surface area contributed by atoms with Crippen LogP contribution in [0.5, 0.6) is 17.2 Å². The number of hydrogen-bond acceptors (Lipinski definition) is 4. The average molecular weight is 473 g/mol. The topological polar surface area (TPSA) is 44.8 Å². The molecule has 0 amide bonds. The Morgan fingerprint density at radius 2 is 1.20 bits per heavy atom. The molecular formula is C31H36O4. The second-order valence-electron chi connectivity index (χ2n) is 8.50. The Labute approximate surface area is 209 Å². The van der Waals surface area contributed by atoms with Crippen LogP contribution in [0.3, 0.4) is 0 Å². The van der Waals surface area contributed by atoms with Crippen molar-refractivity contribution < 1.29 is 19.0 Å². The first-order valence-electron chi connectivity index (χ1n) is 12.6. The predicted octanol–water partition coefficient (Wildman–Crippen LogP) is 8.27. The van der Waals surface area contributed by atoms with E-state index in [9.17, 15) is 4.79 Å². The summed E-state index contributed by atoms with van der Waals surface area (Å²) in [4.78, 5) is 12.5. The van der Waals surface area contributed by atoms with Crippen LogP contribution in [0.1, 0.15) is 62.2 Å². The Bertz CT molecular complexity index is 1020. The molecule has 0 fully saturated rings. The maximum Gasteiger partial charge on any atom is 0.343 e. The molecule has 0 saturated heterocycles. The number of rotatable bonds is 15. The third-order valence-corrected chi connectivity index (χ3v) is 5.68. The lowest BCUT2D eigenvalue weighted by molar-refractivity contribution is 0.0734. The quantitative estimate of drug-likeness (QED) is 0.0966.